The van der Waals surface area contributed by atoms with Crippen molar-refractivity contribution in [1.82, 2.24) is 9.80 Å². The zero-order chi connectivity index (χ0) is 18.6. The van der Waals surface area contributed by atoms with Gasteiger partial charge in [0, 0.05) is 44.2 Å². The summed E-state index contributed by atoms with van der Waals surface area (Å²) < 4.78 is 11.6. The number of halogens is 1. The van der Waals surface area contributed by atoms with Gasteiger partial charge in [0.15, 0.2) is 6.10 Å². The van der Waals surface area contributed by atoms with Gasteiger partial charge in [-0.1, -0.05) is 29.8 Å². The molecule has 0 aromatic heterocycles. The van der Waals surface area contributed by atoms with Gasteiger partial charge in [-0.15, -0.1) is 0 Å². The molecule has 0 saturated carbocycles. The van der Waals surface area contributed by atoms with Crippen LogP contribution in [0.25, 0.3) is 0 Å². The lowest BCUT2D eigenvalue weighted by atomic mass is 10.1. The van der Waals surface area contributed by atoms with Gasteiger partial charge in [0.05, 0.1) is 0 Å². The Morgan fingerprint density at radius 1 is 1.11 bits per heavy atom. The number of nitrogens with zero attached hydrogens (tertiary/aromatic N) is 2. The standard InChI is InChI=1S/C21H23ClN2O3/c22-17-6-7-19-16(14-17)15-20(27-19)21(25)24-10-8-23(9-11-24)12-13-26-18-4-2-1-3-5-18/h1-7,14,20H,8-13,15H2. The summed E-state index contributed by atoms with van der Waals surface area (Å²) in [7, 11) is 0. The molecule has 0 radical (unpaired) electrons. The van der Waals surface area contributed by atoms with Crippen LogP contribution in [0.2, 0.25) is 5.02 Å². The molecular weight excluding hydrogens is 364 g/mol. The van der Waals surface area contributed by atoms with Gasteiger partial charge in [0.25, 0.3) is 5.91 Å². The molecule has 0 aliphatic carbocycles. The molecule has 1 amide bonds. The fourth-order valence-electron chi connectivity index (χ4n) is 3.56. The highest BCUT2D eigenvalue weighted by atomic mass is 35.5. The number of rotatable bonds is 5. The predicted molar refractivity (Wildman–Crippen MR) is 105 cm³/mol. The Balaban J connectivity index is 1.22. The molecule has 4 rings (SSSR count). The third-order valence-corrected chi connectivity index (χ3v) is 5.31. The predicted octanol–water partition coefficient (Wildman–Crippen LogP) is 2.87. The zero-order valence-corrected chi connectivity index (χ0v) is 15.9. The summed E-state index contributed by atoms with van der Waals surface area (Å²) in [5.74, 6) is 1.74. The first kappa shape index (κ1) is 18.1. The first-order chi connectivity index (χ1) is 13.2. The van der Waals surface area contributed by atoms with Crippen molar-refractivity contribution in [2.75, 3.05) is 39.3 Å². The minimum absolute atomic E-state index is 0.0718. The van der Waals surface area contributed by atoms with Gasteiger partial charge in [-0.05, 0) is 35.9 Å². The number of hydrogen-bond donors (Lipinski definition) is 0. The Morgan fingerprint density at radius 3 is 2.67 bits per heavy atom. The summed E-state index contributed by atoms with van der Waals surface area (Å²) in [5, 5.41) is 0.678. The minimum Gasteiger partial charge on any atom is -0.492 e. The van der Waals surface area contributed by atoms with Crippen molar-refractivity contribution in [2.45, 2.75) is 12.5 Å². The quantitative estimate of drug-likeness (QED) is 0.792. The van der Waals surface area contributed by atoms with Gasteiger partial charge >= 0.3 is 0 Å². The van der Waals surface area contributed by atoms with Gasteiger partial charge in [0.1, 0.15) is 18.1 Å². The maximum Gasteiger partial charge on any atom is 0.264 e. The topological polar surface area (TPSA) is 42.0 Å². The normalized spacial score (nSPS) is 19.4. The number of amides is 1. The monoisotopic (exact) mass is 386 g/mol. The van der Waals surface area contributed by atoms with Gasteiger partial charge < -0.3 is 14.4 Å². The summed E-state index contributed by atoms with van der Waals surface area (Å²) in [4.78, 5) is 17.0. The van der Waals surface area contributed by atoms with E-state index in [-0.39, 0.29) is 5.91 Å². The maximum atomic E-state index is 12.8. The highest BCUT2D eigenvalue weighted by molar-refractivity contribution is 6.30. The van der Waals surface area contributed by atoms with E-state index in [0.717, 1.165) is 49.8 Å². The van der Waals surface area contributed by atoms with Gasteiger partial charge in [-0.2, -0.15) is 0 Å². The third kappa shape index (κ3) is 4.37. The van der Waals surface area contributed by atoms with E-state index in [1.165, 1.54) is 0 Å². The highest BCUT2D eigenvalue weighted by Crippen LogP contribution is 2.31. The Bertz CT molecular complexity index is 791. The number of ether oxygens (including phenoxy) is 2. The summed E-state index contributed by atoms with van der Waals surface area (Å²) in [6.07, 6.45) is 0.172. The van der Waals surface area contributed by atoms with Crippen LogP contribution in [0.1, 0.15) is 5.56 Å². The minimum atomic E-state index is -0.425. The Labute approximate surface area is 164 Å². The van der Waals surface area contributed by atoms with Crippen molar-refractivity contribution < 1.29 is 14.3 Å². The number of carbonyl (C=O) groups is 1. The van der Waals surface area contributed by atoms with Crippen molar-refractivity contribution in [2.24, 2.45) is 0 Å². The SMILES string of the molecule is O=C(C1Cc2cc(Cl)ccc2O1)N1CCN(CCOc2ccccc2)CC1. The van der Waals surface area contributed by atoms with Crippen LogP contribution in [0.5, 0.6) is 11.5 Å². The molecule has 6 heteroatoms. The molecule has 2 heterocycles. The first-order valence-corrected chi connectivity index (χ1v) is 9.71. The van der Waals surface area contributed by atoms with E-state index in [9.17, 15) is 4.79 Å². The number of piperazine rings is 1. The average molecular weight is 387 g/mol. The lowest BCUT2D eigenvalue weighted by molar-refractivity contribution is -0.139. The van der Waals surface area contributed by atoms with Crippen LogP contribution in [0.4, 0.5) is 0 Å². The molecule has 0 N–H and O–H groups in total. The molecule has 5 nitrogen and oxygen atoms in total. The number of para-hydroxylation sites is 1. The Morgan fingerprint density at radius 2 is 1.89 bits per heavy atom. The van der Waals surface area contributed by atoms with E-state index in [4.69, 9.17) is 21.1 Å². The van der Waals surface area contributed by atoms with Gasteiger partial charge in [-0.25, -0.2) is 0 Å². The van der Waals surface area contributed by atoms with Crippen molar-refractivity contribution in [3.05, 3.63) is 59.1 Å². The molecule has 2 aliphatic rings. The fourth-order valence-corrected chi connectivity index (χ4v) is 3.75. The molecule has 27 heavy (non-hydrogen) atoms. The third-order valence-electron chi connectivity index (χ3n) is 5.08. The second-order valence-electron chi connectivity index (χ2n) is 6.89. The maximum absolute atomic E-state index is 12.8. The van der Waals surface area contributed by atoms with Crippen LogP contribution in [0.3, 0.4) is 0 Å². The number of carbonyl (C=O) groups excluding carboxylic acids is 1. The summed E-state index contributed by atoms with van der Waals surface area (Å²) in [5.41, 5.74) is 1.01. The summed E-state index contributed by atoms with van der Waals surface area (Å²) in [6, 6.07) is 15.4. The smallest absolute Gasteiger partial charge is 0.264 e. The highest BCUT2D eigenvalue weighted by Gasteiger charge is 2.33. The second-order valence-corrected chi connectivity index (χ2v) is 7.33. The molecule has 2 aromatic rings. The second kappa shape index (κ2) is 8.19. The summed E-state index contributed by atoms with van der Waals surface area (Å²) in [6.45, 7) is 4.67. The molecule has 2 aromatic carbocycles. The number of benzene rings is 2. The van der Waals surface area contributed by atoms with E-state index in [2.05, 4.69) is 4.90 Å². The number of fused-ring (bicyclic) bond motifs is 1. The lowest BCUT2D eigenvalue weighted by Crippen LogP contribution is -2.52. The molecule has 0 bridgehead atoms. The first-order valence-electron chi connectivity index (χ1n) is 9.33. The van der Waals surface area contributed by atoms with Crippen LogP contribution in [-0.4, -0.2) is 61.1 Å². The van der Waals surface area contributed by atoms with Gasteiger partial charge in [-0.3, -0.25) is 9.69 Å². The van der Waals surface area contributed by atoms with Crippen LogP contribution >= 0.6 is 11.6 Å². The zero-order valence-electron chi connectivity index (χ0n) is 15.1. The Kier molecular flexibility index (Phi) is 5.50. The summed E-state index contributed by atoms with van der Waals surface area (Å²) >= 11 is 6.03. The van der Waals surface area contributed by atoms with E-state index in [0.29, 0.717) is 18.1 Å². The van der Waals surface area contributed by atoms with Crippen molar-refractivity contribution >= 4 is 17.5 Å². The van der Waals surface area contributed by atoms with E-state index in [1.54, 1.807) is 6.07 Å². The Hall–Kier alpha value is -2.24. The van der Waals surface area contributed by atoms with Crippen LogP contribution in [-0.2, 0) is 11.2 Å². The molecule has 1 unspecified atom stereocenters. The lowest BCUT2D eigenvalue weighted by Gasteiger charge is -2.35. The molecule has 1 fully saturated rings. The molecule has 1 atom stereocenters. The van der Waals surface area contributed by atoms with E-state index < -0.39 is 6.10 Å². The van der Waals surface area contributed by atoms with Crippen molar-refractivity contribution in [3.8, 4) is 11.5 Å². The largest absolute Gasteiger partial charge is 0.492 e. The van der Waals surface area contributed by atoms with Crippen LogP contribution < -0.4 is 9.47 Å². The molecule has 0 spiro atoms. The fraction of sp³-hybridized carbons (Fsp3) is 0.381. The van der Waals surface area contributed by atoms with Crippen LogP contribution in [0, 0.1) is 0 Å². The van der Waals surface area contributed by atoms with E-state index >= 15 is 0 Å². The molecule has 2 aliphatic heterocycles. The average Bonchev–Trinajstić information content (AvgIpc) is 3.12. The number of hydrogen-bond acceptors (Lipinski definition) is 4. The van der Waals surface area contributed by atoms with Crippen LogP contribution in [0.15, 0.2) is 48.5 Å². The molecule has 142 valence electrons. The van der Waals surface area contributed by atoms with E-state index in [1.807, 2.05) is 47.4 Å². The molecular formula is C21H23ClN2O3. The van der Waals surface area contributed by atoms with Crippen molar-refractivity contribution in [3.63, 3.8) is 0 Å². The molecule has 1 saturated heterocycles. The van der Waals surface area contributed by atoms with Gasteiger partial charge in [0.2, 0.25) is 0 Å². The van der Waals surface area contributed by atoms with Crippen molar-refractivity contribution in [1.29, 1.82) is 0 Å².